The van der Waals surface area contributed by atoms with Crippen molar-refractivity contribution in [1.82, 2.24) is 29.3 Å². The van der Waals surface area contributed by atoms with Crippen LogP contribution in [0, 0.1) is 19.3 Å². The van der Waals surface area contributed by atoms with Gasteiger partial charge in [0.2, 0.25) is 0 Å². The molecular formula is C28H33ClN6O3. The summed E-state index contributed by atoms with van der Waals surface area (Å²) in [5.41, 5.74) is 5.67. The van der Waals surface area contributed by atoms with E-state index in [4.69, 9.17) is 21.4 Å². The second-order valence-electron chi connectivity index (χ2n) is 12.1. The Labute approximate surface area is 227 Å². The summed E-state index contributed by atoms with van der Waals surface area (Å²) in [5, 5.41) is 5.33. The van der Waals surface area contributed by atoms with E-state index in [1.165, 1.54) is 0 Å². The summed E-state index contributed by atoms with van der Waals surface area (Å²) in [6.07, 6.45) is -0.236. The average Bonchev–Trinajstić information content (AvgIpc) is 3.36. The molecule has 2 fully saturated rings. The van der Waals surface area contributed by atoms with E-state index in [2.05, 4.69) is 9.88 Å². The Kier molecular flexibility index (Phi) is 5.74. The Morgan fingerprint density at radius 2 is 1.76 bits per heavy atom. The van der Waals surface area contributed by atoms with Crippen molar-refractivity contribution in [2.24, 2.45) is 5.41 Å². The number of aromatic nitrogens is 3. The molecule has 200 valence electrons. The minimum absolute atomic E-state index is 0.00846. The first-order valence-electron chi connectivity index (χ1n) is 13.0. The molecule has 5 heterocycles. The van der Waals surface area contributed by atoms with Gasteiger partial charge in [0.15, 0.2) is 5.65 Å². The number of carbonyl (C=O) groups excluding carboxylic acids is 2. The van der Waals surface area contributed by atoms with Gasteiger partial charge >= 0.3 is 6.09 Å². The van der Waals surface area contributed by atoms with E-state index in [1.807, 2.05) is 63.8 Å². The summed E-state index contributed by atoms with van der Waals surface area (Å²) < 4.78 is 7.28. The van der Waals surface area contributed by atoms with Crippen molar-refractivity contribution >= 4 is 29.2 Å². The van der Waals surface area contributed by atoms with Crippen LogP contribution in [0.5, 0.6) is 0 Å². The average molecular weight is 537 g/mol. The number of likely N-dealkylation sites (tertiary alicyclic amines) is 2. The first kappa shape index (κ1) is 25.1. The zero-order chi connectivity index (χ0) is 27.0. The van der Waals surface area contributed by atoms with E-state index in [9.17, 15) is 9.59 Å². The number of halogens is 1. The minimum atomic E-state index is -0.481. The Balaban J connectivity index is 1.10. The van der Waals surface area contributed by atoms with Gasteiger partial charge in [-0.25, -0.2) is 14.3 Å². The molecule has 38 heavy (non-hydrogen) atoms. The minimum Gasteiger partial charge on any atom is -0.444 e. The number of ether oxygens (including phenoxy) is 1. The summed E-state index contributed by atoms with van der Waals surface area (Å²) in [5.74, 6) is 0.00846. The highest BCUT2D eigenvalue weighted by Gasteiger charge is 2.53. The number of hydrogen-bond donors (Lipinski definition) is 0. The van der Waals surface area contributed by atoms with Crippen LogP contribution in [0.1, 0.15) is 59.3 Å². The van der Waals surface area contributed by atoms with Crippen LogP contribution in [0.3, 0.4) is 0 Å². The smallest absolute Gasteiger partial charge is 0.410 e. The standard InChI is InChI=1S/C28H33ClN6O3/c1-17-23(29)18(2)35-24(30-17)21-11-33(12-22(21)31-35)25(36)20-9-7-6-8-19(20)10-32-13-28(14-32)15-34(16-28)26(37)38-27(3,4)5/h6-9H,10-16H2,1-5H3. The van der Waals surface area contributed by atoms with Crippen molar-refractivity contribution in [1.29, 1.82) is 0 Å². The molecule has 3 aliphatic heterocycles. The van der Waals surface area contributed by atoms with Crippen LogP contribution in [0.2, 0.25) is 5.02 Å². The molecule has 0 saturated carbocycles. The van der Waals surface area contributed by atoms with E-state index < -0.39 is 5.60 Å². The fraction of sp³-hybridized carbons (Fsp3) is 0.500. The number of amides is 2. The Morgan fingerprint density at radius 3 is 2.47 bits per heavy atom. The third kappa shape index (κ3) is 4.22. The van der Waals surface area contributed by atoms with Gasteiger partial charge in [-0.2, -0.15) is 5.10 Å². The van der Waals surface area contributed by atoms with E-state index in [0.717, 1.165) is 65.6 Å². The lowest BCUT2D eigenvalue weighted by Crippen LogP contribution is -2.72. The number of aryl methyl sites for hydroxylation is 2. The number of fused-ring (bicyclic) bond motifs is 3. The van der Waals surface area contributed by atoms with Crippen molar-refractivity contribution < 1.29 is 14.3 Å². The molecule has 3 aromatic rings. The van der Waals surface area contributed by atoms with Crippen LogP contribution in [0.25, 0.3) is 5.65 Å². The monoisotopic (exact) mass is 536 g/mol. The molecule has 10 heteroatoms. The van der Waals surface area contributed by atoms with Crippen molar-refractivity contribution in [3.8, 4) is 0 Å². The van der Waals surface area contributed by atoms with Gasteiger partial charge in [0, 0.05) is 49.3 Å². The quantitative estimate of drug-likeness (QED) is 0.499. The van der Waals surface area contributed by atoms with E-state index in [-0.39, 0.29) is 17.4 Å². The molecule has 9 nitrogen and oxygen atoms in total. The lowest BCUT2D eigenvalue weighted by Gasteiger charge is -2.60. The Bertz CT molecular complexity index is 1460. The second kappa shape index (κ2) is 8.68. The van der Waals surface area contributed by atoms with Gasteiger partial charge in [-0.3, -0.25) is 9.69 Å². The zero-order valence-electron chi connectivity index (χ0n) is 22.5. The molecule has 0 atom stereocenters. The highest BCUT2D eigenvalue weighted by Crippen LogP contribution is 2.41. The van der Waals surface area contributed by atoms with Crippen LogP contribution < -0.4 is 0 Å². The maximum absolute atomic E-state index is 13.6. The van der Waals surface area contributed by atoms with Crippen LogP contribution in [0.15, 0.2) is 24.3 Å². The predicted molar refractivity (Wildman–Crippen MR) is 143 cm³/mol. The third-order valence-corrected chi connectivity index (χ3v) is 8.25. The van der Waals surface area contributed by atoms with Crippen molar-refractivity contribution in [3.63, 3.8) is 0 Å². The van der Waals surface area contributed by atoms with Gasteiger partial charge in [-0.05, 0) is 46.2 Å². The van der Waals surface area contributed by atoms with Crippen LogP contribution in [-0.2, 0) is 24.4 Å². The van der Waals surface area contributed by atoms with Gasteiger partial charge in [0.05, 0.1) is 35.2 Å². The van der Waals surface area contributed by atoms with Gasteiger partial charge in [0.1, 0.15) is 5.60 Å². The molecule has 1 spiro atoms. The molecule has 3 aliphatic rings. The summed E-state index contributed by atoms with van der Waals surface area (Å²) in [6, 6.07) is 7.85. The SMILES string of the molecule is Cc1nc2c3c(nn2c(C)c1Cl)CN(C(=O)c1ccccc1CN1CC2(C1)CN(C(=O)OC(C)(C)C)C2)C3. The maximum Gasteiger partial charge on any atom is 0.410 e. The molecule has 0 radical (unpaired) electrons. The van der Waals surface area contributed by atoms with Gasteiger partial charge in [-0.1, -0.05) is 29.8 Å². The van der Waals surface area contributed by atoms with Crippen LogP contribution in [-0.4, -0.2) is 73.1 Å². The van der Waals surface area contributed by atoms with E-state index >= 15 is 0 Å². The van der Waals surface area contributed by atoms with Crippen LogP contribution in [0.4, 0.5) is 4.79 Å². The largest absolute Gasteiger partial charge is 0.444 e. The van der Waals surface area contributed by atoms with Gasteiger partial charge in [0.25, 0.3) is 5.91 Å². The van der Waals surface area contributed by atoms with Crippen molar-refractivity contribution in [2.45, 2.75) is 59.9 Å². The van der Waals surface area contributed by atoms with E-state index in [0.29, 0.717) is 24.7 Å². The predicted octanol–water partition coefficient (Wildman–Crippen LogP) is 4.21. The normalized spacial score (nSPS) is 18.5. The van der Waals surface area contributed by atoms with Crippen molar-refractivity contribution in [3.05, 3.63) is 63.1 Å². The molecule has 0 bridgehead atoms. The molecule has 2 aromatic heterocycles. The fourth-order valence-electron chi connectivity index (χ4n) is 5.97. The molecule has 6 rings (SSSR count). The molecular weight excluding hydrogens is 504 g/mol. The fourth-order valence-corrected chi connectivity index (χ4v) is 6.09. The summed E-state index contributed by atoms with van der Waals surface area (Å²) >= 11 is 6.37. The second-order valence-corrected chi connectivity index (χ2v) is 12.4. The molecule has 0 aliphatic carbocycles. The van der Waals surface area contributed by atoms with Crippen molar-refractivity contribution in [2.75, 3.05) is 26.2 Å². The van der Waals surface area contributed by atoms with E-state index in [1.54, 1.807) is 9.42 Å². The zero-order valence-corrected chi connectivity index (χ0v) is 23.3. The first-order chi connectivity index (χ1) is 17.9. The number of carbonyl (C=O) groups is 2. The van der Waals surface area contributed by atoms with Gasteiger partial charge < -0.3 is 14.5 Å². The molecule has 0 N–H and O–H groups in total. The first-order valence-corrected chi connectivity index (χ1v) is 13.4. The lowest BCUT2D eigenvalue weighted by atomic mass is 9.73. The molecule has 0 unspecified atom stereocenters. The highest BCUT2D eigenvalue weighted by molar-refractivity contribution is 6.31. The Morgan fingerprint density at radius 1 is 1.05 bits per heavy atom. The number of rotatable bonds is 3. The topological polar surface area (TPSA) is 83.3 Å². The van der Waals surface area contributed by atoms with Crippen LogP contribution >= 0.6 is 11.6 Å². The summed E-state index contributed by atoms with van der Waals surface area (Å²) in [4.78, 5) is 36.6. The summed E-state index contributed by atoms with van der Waals surface area (Å²) in [6.45, 7) is 14.4. The maximum atomic E-state index is 13.6. The highest BCUT2D eigenvalue weighted by atomic mass is 35.5. The lowest BCUT2D eigenvalue weighted by molar-refractivity contribution is -0.115. The number of hydrogen-bond acceptors (Lipinski definition) is 6. The molecule has 2 saturated heterocycles. The number of nitrogens with zero attached hydrogens (tertiary/aromatic N) is 6. The summed E-state index contributed by atoms with van der Waals surface area (Å²) in [7, 11) is 0. The molecule has 2 amide bonds. The third-order valence-electron chi connectivity index (χ3n) is 7.71. The Hall–Kier alpha value is -3.17. The number of benzene rings is 1. The molecule has 1 aromatic carbocycles. The van der Waals surface area contributed by atoms with Gasteiger partial charge in [-0.15, -0.1) is 0 Å².